The molecule has 0 unspecified atom stereocenters. The molecule has 0 aliphatic rings. The van der Waals surface area contributed by atoms with Gasteiger partial charge < -0.3 is 9.84 Å². The highest BCUT2D eigenvalue weighted by atomic mass is 79.9. The number of halogens is 4. The Labute approximate surface area is 97.0 Å². The van der Waals surface area contributed by atoms with E-state index >= 15 is 0 Å². The molecule has 0 radical (unpaired) electrons. The van der Waals surface area contributed by atoms with Gasteiger partial charge in [-0.05, 0) is 27.6 Å². The van der Waals surface area contributed by atoms with E-state index in [1.807, 2.05) is 0 Å². The van der Waals surface area contributed by atoms with Crippen molar-refractivity contribution in [3.8, 4) is 5.75 Å². The Balaban J connectivity index is 3.03. The Morgan fingerprint density at radius 2 is 2.12 bits per heavy atom. The zero-order chi connectivity index (χ0) is 12.3. The normalized spacial score (nSPS) is 10.6. The highest BCUT2D eigenvalue weighted by molar-refractivity contribution is 9.10. The molecule has 0 heterocycles. The summed E-state index contributed by atoms with van der Waals surface area (Å²) in [6.07, 6.45) is -0.410. The summed E-state index contributed by atoms with van der Waals surface area (Å²) >= 11 is 2.79. The standard InChI is InChI=1S/C9H6BrF3O3/c10-7-4(3-6(14)15)1-2-5(8(7)11)16-9(12)13/h1-2,9H,3H2,(H,14,15). The van der Waals surface area contributed by atoms with Gasteiger partial charge in [-0.3, -0.25) is 4.79 Å². The van der Waals surface area contributed by atoms with Crippen LogP contribution in [0.3, 0.4) is 0 Å². The van der Waals surface area contributed by atoms with Crippen molar-refractivity contribution in [2.75, 3.05) is 0 Å². The molecule has 1 aromatic rings. The monoisotopic (exact) mass is 298 g/mol. The summed E-state index contributed by atoms with van der Waals surface area (Å²) in [6, 6.07) is 2.17. The molecule has 88 valence electrons. The first-order valence-corrected chi connectivity index (χ1v) is 4.84. The summed E-state index contributed by atoms with van der Waals surface area (Å²) in [7, 11) is 0. The highest BCUT2D eigenvalue weighted by Crippen LogP contribution is 2.29. The Hall–Kier alpha value is -1.24. The molecule has 1 aromatic carbocycles. The molecule has 1 N–H and O–H groups in total. The second-order valence-electron chi connectivity index (χ2n) is 2.80. The minimum absolute atomic E-state index is 0.145. The second kappa shape index (κ2) is 5.20. The first kappa shape index (κ1) is 12.8. The van der Waals surface area contributed by atoms with E-state index in [4.69, 9.17) is 5.11 Å². The SMILES string of the molecule is O=C(O)Cc1ccc(OC(F)F)c(F)c1Br. The van der Waals surface area contributed by atoms with Crippen molar-refractivity contribution in [2.45, 2.75) is 13.0 Å². The summed E-state index contributed by atoms with van der Waals surface area (Å²) in [4.78, 5) is 10.4. The zero-order valence-electron chi connectivity index (χ0n) is 7.71. The van der Waals surface area contributed by atoms with Gasteiger partial charge in [0.1, 0.15) is 0 Å². The van der Waals surface area contributed by atoms with E-state index in [2.05, 4.69) is 20.7 Å². The molecule has 0 aliphatic heterocycles. The number of carbonyl (C=O) groups is 1. The fourth-order valence-electron chi connectivity index (χ4n) is 1.06. The van der Waals surface area contributed by atoms with Gasteiger partial charge in [-0.2, -0.15) is 8.78 Å². The first-order valence-electron chi connectivity index (χ1n) is 4.05. The molecule has 0 spiro atoms. The van der Waals surface area contributed by atoms with Crippen molar-refractivity contribution in [3.63, 3.8) is 0 Å². The number of ether oxygens (including phenoxy) is 1. The molecule has 16 heavy (non-hydrogen) atoms. The molecule has 0 aliphatic carbocycles. The maximum absolute atomic E-state index is 13.4. The smallest absolute Gasteiger partial charge is 0.387 e. The summed E-state index contributed by atoms with van der Waals surface area (Å²) in [5.74, 6) is -2.82. The van der Waals surface area contributed by atoms with E-state index in [-0.39, 0.29) is 10.0 Å². The lowest BCUT2D eigenvalue weighted by Crippen LogP contribution is -2.06. The van der Waals surface area contributed by atoms with Gasteiger partial charge in [0.15, 0.2) is 11.6 Å². The molecule has 7 heteroatoms. The number of hydrogen-bond donors (Lipinski definition) is 1. The van der Waals surface area contributed by atoms with Gasteiger partial charge in [-0.15, -0.1) is 0 Å². The Bertz CT molecular complexity index is 409. The molecular formula is C9H6BrF3O3. The topological polar surface area (TPSA) is 46.5 Å². The minimum atomic E-state index is -3.13. The number of carboxylic acids is 1. The van der Waals surface area contributed by atoms with E-state index in [9.17, 15) is 18.0 Å². The fraction of sp³-hybridized carbons (Fsp3) is 0.222. The number of aliphatic carboxylic acids is 1. The molecule has 0 aromatic heterocycles. The lowest BCUT2D eigenvalue weighted by molar-refractivity contribution is -0.136. The van der Waals surface area contributed by atoms with Crippen molar-refractivity contribution in [1.82, 2.24) is 0 Å². The number of carboxylic acid groups (broad SMARTS) is 1. The van der Waals surface area contributed by atoms with Crippen LogP contribution >= 0.6 is 15.9 Å². The van der Waals surface area contributed by atoms with Crippen molar-refractivity contribution in [3.05, 3.63) is 28.0 Å². The van der Waals surface area contributed by atoms with Crippen LogP contribution in [0.25, 0.3) is 0 Å². The fourth-order valence-corrected chi connectivity index (χ4v) is 1.53. The van der Waals surface area contributed by atoms with Gasteiger partial charge in [-0.25, -0.2) is 4.39 Å². The molecule has 0 saturated heterocycles. The first-order chi connectivity index (χ1) is 7.41. The molecule has 1 rings (SSSR count). The molecular weight excluding hydrogens is 293 g/mol. The van der Waals surface area contributed by atoms with Crippen molar-refractivity contribution >= 4 is 21.9 Å². The number of rotatable bonds is 4. The number of alkyl halides is 2. The molecule has 3 nitrogen and oxygen atoms in total. The maximum atomic E-state index is 13.4. The van der Waals surface area contributed by atoms with Crippen LogP contribution in [-0.4, -0.2) is 17.7 Å². The van der Waals surface area contributed by atoms with Gasteiger partial charge in [-0.1, -0.05) is 6.07 Å². The highest BCUT2D eigenvalue weighted by Gasteiger charge is 2.16. The van der Waals surface area contributed by atoms with E-state index in [0.717, 1.165) is 6.07 Å². The average molecular weight is 299 g/mol. The lowest BCUT2D eigenvalue weighted by atomic mass is 10.1. The van der Waals surface area contributed by atoms with E-state index in [1.54, 1.807) is 0 Å². The van der Waals surface area contributed by atoms with Crippen molar-refractivity contribution in [2.24, 2.45) is 0 Å². The van der Waals surface area contributed by atoms with Crippen LogP contribution in [0.1, 0.15) is 5.56 Å². The molecule has 0 fully saturated rings. The third-order valence-electron chi connectivity index (χ3n) is 1.68. The van der Waals surface area contributed by atoms with Crippen LogP contribution in [0.2, 0.25) is 0 Å². The van der Waals surface area contributed by atoms with E-state index in [1.165, 1.54) is 6.07 Å². The lowest BCUT2D eigenvalue weighted by Gasteiger charge is -2.09. The van der Waals surface area contributed by atoms with Crippen LogP contribution in [0.5, 0.6) is 5.75 Å². The van der Waals surface area contributed by atoms with Gasteiger partial charge in [0.2, 0.25) is 0 Å². The summed E-state index contributed by atoms with van der Waals surface area (Å²) in [5.41, 5.74) is 0.145. The Kier molecular flexibility index (Phi) is 4.17. The van der Waals surface area contributed by atoms with Gasteiger partial charge in [0.05, 0.1) is 10.9 Å². The molecule has 0 atom stereocenters. The van der Waals surface area contributed by atoms with E-state index in [0.29, 0.717) is 0 Å². The van der Waals surface area contributed by atoms with Crippen LogP contribution in [0.4, 0.5) is 13.2 Å². The Morgan fingerprint density at radius 3 is 2.62 bits per heavy atom. The quantitative estimate of drug-likeness (QED) is 0.930. The minimum Gasteiger partial charge on any atom is -0.481 e. The zero-order valence-corrected chi connectivity index (χ0v) is 9.30. The van der Waals surface area contributed by atoms with Gasteiger partial charge >= 0.3 is 12.6 Å². The predicted molar refractivity (Wildman–Crippen MR) is 52.1 cm³/mol. The molecule has 0 amide bonds. The largest absolute Gasteiger partial charge is 0.481 e. The third-order valence-corrected chi connectivity index (χ3v) is 2.54. The third kappa shape index (κ3) is 3.13. The Morgan fingerprint density at radius 1 is 1.50 bits per heavy atom. The van der Waals surface area contributed by atoms with Crippen LogP contribution in [0, 0.1) is 5.82 Å². The van der Waals surface area contributed by atoms with Crippen LogP contribution in [0.15, 0.2) is 16.6 Å². The second-order valence-corrected chi connectivity index (χ2v) is 3.59. The molecule has 0 saturated carbocycles. The average Bonchev–Trinajstić information content (AvgIpc) is 2.16. The number of benzene rings is 1. The summed E-state index contributed by atoms with van der Waals surface area (Å²) < 4.78 is 40.8. The maximum Gasteiger partial charge on any atom is 0.387 e. The van der Waals surface area contributed by atoms with E-state index < -0.39 is 30.6 Å². The van der Waals surface area contributed by atoms with Crippen molar-refractivity contribution in [1.29, 1.82) is 0 Å². The summed E-state index contributed by atoms with van der Waals surface area (Å²) in [5, 5.41) is 8.50. The number of hydrogen-bond acceptors (Lipinski definition) is 2. The molecule has 0 bridgehead atoms. The van der Waals surface area contributed by atoms with Gasteiger partial charge in [0, 0.05) is 0 Å². The van der Waals surface area contributed by atoms with Gasteiger partial charge in [0.25, 0.3) is 0 Å². The summed E-state index contributed by atoms with van der Waals surface area (Å²) in [6.45, 7) is -3.13. The van der Waals surface area contributed by atoms with Crippen LogP contribution < -0.4 is 4.74 Å². The van der Waals surface area contributed by atoms with Crippen LogP contribution in [-0.2, 0) is 11.2 Å². The predicted octanol–water partition coefficient (Wildman–Crippen LogP) is 2.82. The van der Waals surface area contributed by atoms with Crippen molar-refractivity contribution < 1.29 is 27.8 Å².